The zero-order chi connectivity index (χ0) is 25.6. The number of benzene rings is 1. The summed E-state index contributed by atoms with van der Waals surface area (Å²) in [5.74, 6) is -0.645. The lowest BCUT2D eigenvalue weighted by Gasteiger charge is -2.29. The Bertz CT molecular complexity index is 1150. The highest BCUT2D eigenvalue weighted by molar-refractivity contribution is 7.13. The molecule has 14 heteroatoms. The number of carbonyl (C=O) groups excluding carboxylic acids is 2. The molecule has 8 nitrogen and oxygen atoms in total. The van der Waals surface area contributed by atoms with E-state index in [0.717, 1.165) is 23.5 Å². The summed E-state index contributed by atoms with van der Waals surface area (Å²) in [6.07, 6.45) is -2.18. The molecule has 0 bridgehead atoms. The normalized spacial score (nSPS) is 15.2. The molecule has 2 amide bonds. The number of carbonyl (C=O) groups is 2. The number of morpholine rings is 1. The van der Waals surface area contributed by atoms with Crippen LogP contribution in [0.4, 0.5) is 18.9 Å². The Morgan fingerprint density at radius 1 is 1.31 bits per heavy atom. The number of thiazole rings is 1. The van der Waals surface area contributed by atoms with Crippen LogP contribution >= 0.6 is 34.5 Å². The van der Waals surface area contributed by atoms with E-state index in [1.807, 2.05) is 4.90 Å². The van der Waals surface area contributed by atoms with E-state index in [-0.39, 0.29) is 22.1 Å². The van der Waals surface area contributed by atoms with Gasteiger partial charge in [-0.1, -0.05) is 23.2 Å². The Labute approximate surface area is 212 Å². The third kappa shape index (κ3) is 7.40. The molecule has 1 aliphatic rings. The van der Waals surface area contributed by atoms with Gasteiger partial charge in [0.15, 0.2) is 0 Å². The summed E-state index contributed by atoms with van der Waals surface area (Å²) in [6, 6.07) is 3.07. The molecule has 188 valence electrons. The molecule has 0 unspecified atom stereocenters. The number of hydrogen-bond donors (Lipinski definition) is 2. The molecule has 0 aliphatic carbocycles. The second-order valence-corrected chi connectivity index (χ2v) is 9.05. The van der Waals surface area contributed by atoms with Gasteiger partial charge in [0.1, 0.15) is 15.7 Å². The van der Waals surface area contributed by atoms with E-state index in [1.165, 1.54) is 18.3 Å². The van der Waals surface area contributed by atoms with Gasteiger partial charge in [-0.05, 0) is 18.2 Å². The van der Waals surface area contributed by atoms with E-state index in [0.29, 0.717) is 37.1 Å². The first kappa shape index (κ1) is 26.9. The maximum atomic E-state index is 13.0. The summed E-state index contributed by atoms with van der Waals surface area (Å²) in [6.45, 7) is 2.31. The number of hydrogen-bond acceptors (Lipinski definition) is 6. The number of aromatic nitrogens is 1. The van der Waals surface area contributed by atoms with Crippen LogP contribution < -0.4 is 10.6 Å². The summed E-state index contributed by atoms with van der Waals surface area (Å²) in [7, 11) is 1.58. The number of amides is 2. The lowest BCUT2D eigenvalue weighted by atomic mass is 10.2. The Morgan fingerprint density at radius 2 is 2.03 bits per heavy atom. The number of rotatable bonds is 6. The smallest absolute Gasteiger partial charge is 0.378 e. The quantitative estimate of drug-likeness (QED) is 0.320. The average Bonchev–Trinajstić information content (AvgIpc) is 3.29. The highest BCUT2D eigenvalue weighted by atomic mass is 35.5. The molecule has 1 saturated heterocycles. The van der Waals surface area contributed by atoms with E-state index < -0.39 is 28.6 Å². The summed E-state index contributed by atoms with van der Waals surface area (Å²) in [4.78, 5) is 35.0. The van der Waals surface area contributed by atoms with Crippen LogP contribution in [0.5, 0.6) is 0 Å². The van der Waals surface area contributed by atoms with Crippen molar-refractivity contribution in [2.24, 2.45) is 4.99 Å². The molecule has 1 aromatic heterocycles. The molecule has 1 aliphatic heterocycles. The van der Waals surface area contributed by atoms with Crippen molar-refractivity contribution in [1.29, 1.82) is 0 Å². The summed E-state index contributed by atoms with van der Waals surface area (Å²) in [5.41, 5.74) is -1.12. The maximum Gasteiger partial charge on any atom is 0.417 e. The van der Waals surface area contributed by atoms with Gasteiger partial charge in [-0.15, -0.1) is 11.3 Å². The van der Waals surface area contributed by atoms with Gasteiger partial charge in [0.25, 0.3) is 5.91 Å². The van der Waals surface area contributed by atoms with Crippen LogP contribution in [-0.2, 0) is 22.3 Å². The first-order valence-corrected chi connectivity index (χ1v) is 11.7. The molecule has 1 fully saturated rings. The number of halogens is 5. The van der Waals surface area contributed by atoms with Crippen molar-refractivity contribution >= 4 is 57.9 Å². The number of nitrogens with one attached hydrogen (secondary N) is 2. The third-order valence-electron chi connectivity index (χ3n) is 4.71. The molecule has 2 aromatic rings. The van der Waals surface area contributed by atoms with Crippen LogP contribution in [-0.4, -0.2) is 60.9 Å². The van der Waals surface area contributed by atoms with Crippen LogP contribution in [0, 0.1) is 0 Å². The first-order valence-electron chi connectivity index (χ1n) is 10.2. The van der Waals surface area contributed by atoms with Crippen LogP contribution in [0.2, 0.25) is 5.02 Å². The van der Waals surface area contributed by atoms with Crippen LogP contribution in [0.1, 0.15) is 20.2 Å². The van der Waals surface area contributed by atoms with E-state index >= 15 is 0 Å². The van der Waals surface area contributed by atoms with Gasteiger partial charge in [0.05, 0.1) is 41.6 Å². The molecule has 0 atom stereocenters. The summed E-state index contributed by atoms with van der Waals surface area (Å²) >= 11 is 12.8. The lowest BCUT2D eigenvalue weighted by Crippen LogP contribution is -2.41. The van der Waals surface area contributed by atoms with Crippen LogP contribution in [0.25, 0.3) is 0 Å². The number of anilines is 1. The predicted octanol–water partition coefficient (Wildman–Crippen LogP) is 4.17. The zero-order valence-corrected chi connectivity index (χ0v) is 20.6. The summed E-state index contributed by atoms with van der Waals surface area (Å²) in [5, 5.41) is 5.12. The minimum Gasteiger partial charge on any atom is -0.378 e. The molecule has 3 rings (SSSR count). The second kappa shape index (κ2) is 11.8. The van der Waals surface area contributed by atoms with Crippen molar-refractivity contribution in [3.63, 3.8) is 0 Å². The fourth-order valence-corrected chi connectivity index (χ4v) is 4.36. The second-order valence-electron chi connectivity index (χ2n) is 7.12. The lowest BCUT2D eigenvalue weighted by molar-refractivity contribution is -0.137. The maximum absolute atomic E-state index is 13.0. The molecular weight excluding hydrogens is 530 g/mol. The van der Waals surface area contributed by atoms with Gasteiger partial charge >= 0.3 is 6.18 Å². The van der Waals surface area contributed by atoms with Gasteiger partial charge in [0.2, 0.25) is 5.91 Å². The number of ether oxygens (including phenoxy) is 1. The Hall–Kier alpha value is -2.67. The number of amidine groups is 1. The minimum atomic E-state index is -4.66. The van der Waals surface area contributed by atoms with Gasteiger partial charge in [-0.2, -0.15) is 13.2 Å². The summed E-state index contributed by atoms with van der Waals surface area (Å²) < 4.78 is 44.3. The fourth-order valence-electron chi connectivity index (χ4n) is 3.08. The SMILES string of the molecule is CN=C(/C(Cl)=C/C(=O)NCc1ncc(C(=O)Nc2ccc(Cl)c(C(F)(F)F)c2)s1)N1CCOCC1. The molecular formula is C21H20Cl2F3N5O3S. The van der Waals surface area contributed by atoms with Gasteiger partial charge < -0.3 is 20.3 Å². The van der Waals surface area contributed by atoms with E-state index in [1.54, 1.807) is 7.05 Å². The van der Waals surface area contributed by atoms with Crippen molar-refractivity contribution in [3.8, 4) is 0 Å². The highest BCUT2D eigenvalue weighted by Crippen LogP contribution is 2.36. The van der Waals surface area contributed by atoms with Gasteiger partial charge in [-0.25, -0.2) is 4.98 Å². The molecule has 1 aromatic carbocycles. The van der Waals surface area contributed by atoms with Crippen LogP contribution in [0.15, 0.2) is 40.5 Å². The average molecular weight is 550 g/mol. The Kier molecular flexibility index (Phi) is 9.11. The van der Waals surface area contributed by atoms with E-state index in [9.17, 15) is 22.8 Å². The third-order valence-corrected chi connectivity index (χ3v) is 6.32. The van der Waals surface area contributed by atoms with Crippen molar-refractivity contribution in [3.05, 3.63) is 56.0 Å². The molecule has 0 saturated carbocycles. The fraction of sp³-hybridized carbons (Fsp3) is 0.333. The van der Waals surface area contributed by atoms with Crippen LogP contribution in [0.3, 0.4) is 0 Å². The Morgan fingerprint density at radius 3 is 2.69 bits per heavy atom. The van der Waals surface area contributed by atoms with Crippen molar-refractivity contribution in [2.75, 3.05) is 38.7 Å². The largest absolute Gasteiger partial charge is 0.417 e. The zero-order valence-electron chi connectivity index (χ0n) is 18.3. The van der Waals surface area contributed by atoms with Gasteiger partial charge in [-0.3, -0.25) is 14.6 Å². The number of nitrogens with zero attached hydrogens (tertiary/aromatic N) is 3. The Balaban J connectivity index is 1.57. The molecule has 2 N–H and O–H groups in total. The minimum absolute atomic E-state index is 0.0206. The highest BCUT2D eigenvalue weighted by Gasteiger charge is 2.33. The standard InChI is InChI=1S/C21H20Cl2F3N5O3S/c1-27-19(31-4-6-34-7-5-31)15(23)9-17(32)28-11-18-29-10-16(35-18)20(33)30-12-2-3-14(22)13(8-12)21(24,25)26/h2-3,8-10H,4-7,11H2,1H3,(H,28,32)(H,30,33)/b15-9-,27-19?. The van der Waals surface area contributed by atoms with E-state index in [4.69, 9.17) is 27.9 Å². The van der Waals surface area contributed by atoms with Crippen molar-refractivity contribution in [2.45, 2.75) is 12.7 Å². The van der Waals surface area contributed by atoms with Gasteiger partial charge in [0, 0.05) is 31.9 Å². The predicted molar refractivity (Wildman–Crippen MR) is 128 cm³/mol. The van der Waals surface area contributed by atoms with Crippen molar-refractivity contribution in [1.82, 2.24) is 15.2 Å². The molecule has 2 heterocycles. The first-order chi connectivity index (χ1) is 16.6. The molecule has 35 heavy (non-hydrogen) atoms. The topological polar surface area (TPSA) is 95.9 Å². The number of alkyl halides is 3. The molecule has 0 spiro atoms. The monoisotopic (exact) mass is 549 g/mol. The van der Waals surface area contributed by atoms with Crippen molar-refractivity contribution < 1.29 is 27.5 Å². The molecule has 0 radical (unpaired) electrons. The van der Waals surface area contributed by atoms with E-state index in [2.05, 4.69) is 20.6 Å². The number of aliphatic imine (C=N–C) groups is 1.